The highest BCUT2D eigenvalue weighted by atomic mass is 19.4. The topological polar surface area (TPSA) is 27.7 Å². The van der Waals surface area contributed by atoms with Crippen LogP contribution < -0.4 is 4.74 Å². The highest BCUT2D eigenvalue weighted by Gasteiger charge is 2.85. The molecule has 0 heterocycles. The van der Waals surface area contributed by atoms with Crippen LogP contribution in [0.15, 0.2) is 18.2 Å². The van der Waals surface area contributed by atoms with Gasteiger partial charge in [0.05, 0.1) is 19.3 Å². The number of ether oxygens (including phenoxy) is 3. The maximum Gasteiger partial charge on any atom is 0.435 e. The van der Waals surface area contributed by atoms with Crippen molar-refractivity contribution in [3.05, 3.63) is 29.3 Å². The molecule has 0 N–H and O–H groups in total. The molecule has 5 atom stereocenters. The van der Waals surface area contributed by atoms with Gasteiger partial charge >= 0.3 is 24.1 Å². The molecule has 0 aliphatic heterocycles. The number of benzene rings is 1. The zero-order valence-electron chi connectivity index (χ0n) is 25.4. The largest absolute Gasteiger partial charge is 0.494 e. The van der Waals surface area contributed by atoms with Crippen molar-refractivity contribution in [2.75, 3.05) is 19.8 Å². The SMILES string of the molecule is CC(C)CCCCOc1ccc2c(c1)CC[C@@H]1[C@@H]2CC[C@]2(C)[C@@H](OCCCOC(C(F)(F)F)(C(F)(F)F)C(F)(F)F)CC[C@@H]12. The fourth-order valence-electron chi connectivity index (χ4n) is 7.96. The molecular formula is C32H43F9O3. The van der Waals surface area contributed by atoms with Gasteiger partial charge in [0.15, 0.2) is 0 Å². The standard InChI is InChI=1S/C32H43F9O3/c1-20(2)7-4-5-16-42-22-9-11-23-21(19-22)8-10-25-24(23)14-15-28(3)26(25)12-13-27(28)43-17-6-18-44-29(30(33,34)35,31(36,37)38)32(39,40)41/h9,11,19-20,24-27H,4-8,10,12-18H2,1-3H3/t24-,25-,26+,27+,28+/m1/s1. The fourth-order valence-corrected chi connectivity index (χ4v) is 7.96. The molecule has 0 radical (unpaired) electrons. The molecule has 0 amide bonds. The third-order valence-electron chi connectivity index (χ3n) is 10.2. The minimum atomic E-state index is -6.73. The number of halogens is 9. The smallest absolute Gasteiger partial charge is 0.435 e. The van der Waals surface area contributed by atoms with Crippen LogP contribution >= 0.6 is 0 Å². The van der Waals surface area contributed by atoms with Crippen molar-refractivity contribution >= 4 is 0 Å². The maximum absolute atomic E-state index is 13.1. The monoisotopic (exact) mass is 646 g/mol. The lowest BCUT2D eigenvalue weighted by Gasteiger charge is -2.50. The van der Waals surface area contributed by atoms with Crippen LogP contribution in [0.5, 0.6) is 5.75 Å². The Morgan fingerprint density at radius 3 is 2.14 bits per heavy atom. The third kappa shape index (κ3) is 6.86. The molecule has 0 bridgehead atoms. The number of hydrogen-bond acceptors (Lipinski definition) is 3. The lowest BCUT2D eigenvalue weighted by Crippen LogP contribution is -2.67. The summed E-state index contributed by atoms with van der Waals surface area (Å²) >= 11 is 0. The second kappa shape index (κ2) is 13.2. The zero-order chi connectivity index (χ0) is 32.6. The van der Waals surface area contributed by atoms with E-state index in [4.69, 9.17) is 9.47 Å². The third-order valence-corrected chi connectivity index (χ3v) is 10.2. The van der Waals surface area contributed by atoms with Crippen LogP contribution in [0.2, 0.25) is 0 Å². The highest BCUT2D eigenvalue weighted by molar-refractivity contribution is 5.40. The molecule has 1 aromatic rings. The van der Waals surface area contributed by atoms with Crippen LogP contribution in [0.4, 0.5) is 39.5 Å². The van der Waals surface area contributed by atoms with Gasteiger partial charge in [0.2, 0.25) is 0 Å². The van der Waals surface area contributed by atoms with Gasteiger partial charge in [-0.2, -0.15) is 39.5 Å². The Hall–Kier alpha value is -1.69. The molecule has 0 spiro atoms. The quantitative estimate of drug-likeness (QED) is 0.167. The van der Waals surface area contributed by atoms with Crippen LogP contribution in [0.1, 0.15) is 95.6 Å². The first-order valence-electron chi connectivity index (χ1n) is 15.6. The number of alkyl halides is 9. The van der Waals surface area contributed by atoms with Crippen LogP contribution in [0.3, 0.4) is 0 Å². The first-order valence-corrected chi connectivity index (χ1v) is 15.6. The van der Waals surface area contributed by atoms with Crippen LogP contribution in [0, 0.1) is 23.2 Å². The molecule has 2 fully saturated rings. The predicted molar refractivity (Wildman–Crippen MR) is 146 cm³/mol. The first-order chi connectivity index (χ1) is 20.4. The van der Waals surface area contributed by atoms with Gasteiger partial charge in [0.1, 0.15) is 5.75 Å². The summed E-state index contributed by atoms with van der Waals surface area (Å²) in [4.78, 5) is 0. The molecule has 252 valence electrons. The summed E-state index contributed by atoms with van der Waals surface area (Å²) in [5.41, 5.74) is -3.81. The molecule has 44 heavy (non-hydrogen) atoms. The van der Waals surface area contributed by atoms with Crippen molar-refractivity contribution in [1.82, 2.24) is 0 Å². The minimum Gasteiger partial charge on any atom is -0.494 e. The Morgan fingerprint density at radius 2 is 1.50 bits per heavy atom. The number of hydrogen-bond donors (Lipinski definition) is 0. The molecule has 1 aromatic carbocycles. The van der Waals surface area contributed by atoms with Gasteiger partial charge in [0, 0.05) is 6.61 Å². The predicted octanol–water partition coefficient (Wildman–Crippen LogP) is 9.97. The maximum atomic E-state index is 13.1. The first kappa shape index (κ1) is 35.2. The second-order valence-corrected chi connectivity index (χ2v) is 13.4. The van der Waals surface area contributed by atoms with E-state index < -0.39 is 37.2 Å². The van der Waals surface area contributed by atoms with Gasteiger partial charge in [-0.25, -0.2) is 0 Å². The van der Waals surface area contributed by atoms with Gasteiger partial charge in [-0.15, -0.1) is 0 Å². The average molecular weight is 647 g/mol. The Bertz CT molecular complexity index is 1060. The summed E-state index contributed by atoms with van der Waals surface area (Å²) in [6, 6.07) is 6.39. The molecule has 3 aliphatic carbocycles. The summed E-state index contributed by atoms with van der Waals surface area (Å²) in [7, 11) is 0. The zero-order valence-corrected chi connectivity index (χ0v) is 25.4. The number of fused-ring (bicyclic) bond motifs is 5. The number of unbranched alkanes of at least 4 members (excludes halogenated alkanes) is 1. The summed E-state index contributed by atoms with van der Waals surface area (Å²) in [6.07, 6.45) is -12.4. The van der Waals surface area contributed by atoms with Crippen molar-refractivity contribution < 1.29 is 53.7 Å². The molecule has 3 aliphatic rings. The number of rotatable bonds is 12. The second-order valence-electron chi connectivity index (χ2n) is 13.4. The van der Waals surface area contributed by atoms with E-state index in [0.29, 0.717) is 36.7 Å². The van der Waals surface area contributed by atoms with Crippen molar-refractivity contribution in [3.63, 3.8) is 0 Å². The summed E-state index contributed by atoms with van der Waals surface area (Å²) in [5, 5.41) is 0. The van der Waals surface area contributed by atoms with E-state index in [2.05, 4.69) is 37.6 Å². The van der Waals surface area contributed by atoms with Crippen molar-refractivity contribution in [2.24, 2.45) is 23.2 Å². The average Bonchev–Trinajstić information content (AvgIpc) is 3.23. The highest BCUT2D eigenvalue weighted by Crippen LogP contribution is 2.62. The van der Waals surface area contributed by atoms with E-state index in [1.807, 2.05) is 6.07 Å². The lowest BCUT2D eigenvalue weighted by atomic mass is 9.55. The Morgan fingerprint density at radius 1 is 0.818 bits per heavy atom. The van der Waals surface area contributed by atoms with Gasteiger partial charge < -0.3 is 14.2 Å². The van der Waals surface area contributed by atoms with Crippen molar-refractivity contribution in [1.29, 1.82) is 0 Å². The van der Waals surface area contributed by atoms with Crippen LogP contribution in [-0.2, 0) is 15.9 Å². The fraction of sp³-hybridized carbons (Fsp3) is 0.812. The molecule has 3 nitrogen and oxygen atoms in total. The molecule has 12 heteroatoms. The van der Waals surface area contributed by atoms with E-state index in [9.17, 15) is 39.5 Å². The van der Waals surface area contributed by atoms with E-state index in [0.717, 1.165) is 50.7 Å². The Balaban J connectivity index is 1.31. The van der Waals surface area contributed by atoms with E-state index in [-0.39, 0.29) is 18.1 Å². The number of aryl methyl sites for hydroxylation is 1. The minimum absolute atomic E-state index is 0.230. The molecule has 2 saturated carbocycles. The van der Waals surface area contributed by atoms with E-state index in [1.54, 1.807) is 0 Å². The Labute approximate surface area is 253 Å². The summed E-state index contributed by atoms with van der Waals surface area (Å²) < 4.78 is 133. The Kier molecular flexibility index (Phi) is 10.6. The van der Waals surface area contributed by atoms with Crippen LogP contribution in [0.25, 0.3) is 0 Å². The summed E-state index contributed by atoms with van der Waals surface area (Å²) in [6.45, 7) is 5.53. The van der Waals surface area contributed by atoms with E-state index >= 15 is 0 Å². The summed E-state index contributed by atoms with van der Waals surface area (Å²) in [5.74, 6) is 2.72. The van der Waals surface area contributed by atoms with E-state index in [1.165, 1.54) is 17.5 Å². The molecule has 0 unspecified atom stereocenters. The van der Waals surface area contributed by atoms with Gasteiger partial charge in [0.25, 0.3) is 0 Å². The molecule has 0 saturated heterocycles. The van der Waals surface area contributed by atoms with Gasteiger partial charge in [-0.1, -0.05) is 33.3 Å². The van der Waals surface area contributed by atoms with Gasteiger partial charge in [-0.3, -0.25) is 0 Å². The van der Waals surface area contributed by atoms with Gasteiger partial charge in [-0.05, 0) is 110 Å². The molecular weight excluding hydrogens is 603 g/mol. The van der Waals surface area contributed by atoms with Crippen LogP contribution in [-0.4, -0.2) is 50.1 Å². The van der Waals surface area contributed by atoms with Crippen molar-refractivity contribution in [2.45, 2.75) is 121 Å². The normalized spacial score (nSPS) is 27.7. The van der Waals surface area contributed by atoms with Crippen molar-refractivity contribution in [3.8, 4) is 5.75 Å². The lowest BCUT2D eigenvalue weighted by molar-refractivity contribution is -0.457. The molecule has 4 rings (SSSR count). The molecule has 0 aromatic heterocycles.